The number of halogens is 1. The zero-order chi connectivity index (χ0) is 31.8. The summed E-state index contributed by atoms with van der Waals surface area (Å²) in [6, 6.07) is 5.05. The average molecular weight is 650 g/mol. The second-order valence-electron chi connectivity index (χ2n) is 10.3. The Bertz CT molecular complexity index is 1390. The number of phenolic OH excluding ortho intramolecular Hbond substituents is 1. The fourth-order valence-corrected chi connectivity index (χ4v) is 4.60. The van der Waals surface area contributed by atoms with Crippen LogP contribution in [0.5, 0.6) is 5.75 Å². The van der Waals surface area contributed by atoms with Crippen LogP contribution in [0.15, 0.2) is 36.4 Å². The third-order valence-electron chi connectivity index (χ3n) is 6.93. The summed E-state index contributed by atoms with van der Waals surface area (Å²) in [6.45, 7) is 0.635. The number of amides is 5. The summed E-state index contributed by atoms with van der Waals surface area (Å²) >= 11 is 6.48. The number of carbonyl (C=O) groups is 5. The summed E-state index contributed by atoms with van der Waals surface area (Å²) in [6.07, 6.45) is -1.67. The molecular formula is C30H44ClN7O7. The van der Waals surface area contributed by atoms with Crippen LogP contribution in [0.25, 0.3) is 11.1 Å². The van der Waals surface area contributed by atoms with Crippen molar-refractivity contribution in [1.29, 1.82) is 0 Å². The average Bonchev–Trinajstić information content (AvgIpc) is 2.96. The standard InChI is InChI=1S/C28H36ClN7O7.2CH4/c1-13(25(32)40)34-24(39)12-33-27(42)21-9-16-6-14(2-4-19(16)29)15-3-5-23(38)17(7-15)8-20(31)26(41)35-22(28(43)36-21)10-18(37)11-30;;/h2-7,13,18,20-22,37-38H,8-12,30-31H2,1H3,(H2,32,40)(H,33,42)(H,34,39)(H,35,41)(H,36,43);2*1H4/t13-,18+,20-,21-,22-;;/m0../s1. The molecule has 0 fully saturated rings. The van der Waals surface area contributed by atoms with Crippen LogP contribution < -0.4 is 38.5 Å². The van der Waals surface area contributed by atoms with Gasteiger partial charge in [0.1, 0.15) is 23.9 Å². The number of nitrogens with one attached hydrogen (secondary N) is 4. The number of primary amides is 1. The van der Waals surface area contributed by atoms with Gasteiger partial charge in [-0.3, -0.25) is 24.0 Å². The first-order valence-electron chi connectivity index (χ1n) is 13.5. The van der Waals surface area contributed by atoms with Crippen molar-refractivity contribution in [1.82, 2.24) is 21.3 Å². The molecule has 0 spiro atoms. The summed E-state index contributed by atoms with van der Waals surface area (Å²) in [5.41, 5.74) is 19.0. The lowest BCUT2D eigenvalue weighted by Crippen LogP contribution is -2.58. The first kappa shape index (κ1) is 38.8. The number of aliphatic hydroxyl groups is 1. The van der Waals surface area contributed by atoms with Crippen LogP contribution in [0.1, 0.15) is 39.3 Å². The monoisotopic (exact) mass is 649 g/mol. The number of fused-ring (bicyclic) bond motifs is 5. The number of carbonyl (C=O) groups excluding carboxylic acids is 5. The zero-order valence-electron chi connectivity index (χ0n) is 23.4. The van der Waals surface area contributed by atoms with Gasteiger partial charge in [0.25, 0.3) is 0 Å². The predicted molar refractivity (Wildman–Crippen MR) is 171 cm³/mol. The van der Waals surface area contributed by atoms with Crippen molar-refractivity contribution in [2.45, 2.75) is 71.3 Å². The maximum Gasteiger partial charge on any atom is 0.243 e. The Kier molecular flexibility index (Phi) is 14.9. The van der Waals surface area contributed by atoms with Gasteiger partial charge in [0, 0.05) is 30.8 Å². The quantitative estimate of drug-likeness (QED) is 0.173. The third kappa shape index (κ3) is 10.7. The maximum absolute atomic E-state index is 13.4. The van der Waals surface area contributed by atoms with E-state index in [-0.39, 0.29) is 51.4 Å². The number of aromatic hydroxyl groups is 1. The molecule has 45 heavy (non-hydrogen) atoms. The number of hydrogen-bond donors (Lipinski definition) is 9. The first-order chi connectivity index (χ1) is 20.3. The Labute approximate surface area is 267 Å². The van der Waals surface area contributed by atoms with Crippen molar-refractivity contribution in [3.8, 4) is 16.9 Å². The summed E-state index contributed by atoms with van der Waals surface area (Å²) in [7, 11) is 0. The van der Waals surface area contributed by atoms with Gasteiger partial charge in [0.15, 0.2) is 0 Å². The molecule has 1 heterocycles. The molecule has 2 aromatic rings. The lowest BCUT2D eigenvalue weighted by molar-refractivity contribution is -0.133. The smallest absolute Gasteiger partial charge is 0.243 e. The van der Waals surface area contributed by atoms with E-state index in [9.17, 15) is 34.2 Å². The number of nitrogens with two attached hydrogens (primary N) is 3. The van der Waals surface area contributed by atoms with E-state index in [1.165, 1.54) is 13.0 Å². The highest BCUT2D eigenvalue weighted by molar-refractivity contribution is 6.31. The van der Waals surface area contributed by atoms with E-state index in [1.807, 2.05) is 0 Å². The molecule has 0 unspecified atom stereocenters. The van der Waals surface area contributed by atoms with Gasteiger partial charge in [0.2, 0.25) is 29.5 Å². The van der Waals surface area contributed by atoms with Crippen LogP contribution in [0.3, 0.4) is 0 Å². The molecule has 0 saturated carbocycles. The molecule has 1 aliphatic heterocycles. The van der Waals surface area contributed by atoms with Crippen LogP contribution in [-0.4, -0.2) is 83.1 Å². The highest BCUT2D eigenvalue weighted by Gasteiger charge is 2.31. The minimum atomic E-state index is -1.35. The van der Waals surface area contributed by atoms with Gasteiger partial charge >= 0.3 is 0 Å². The Balaban J connectivity index is 0.00000506. The summed E-state index contributed by atoms with van der Waals surface area (Å²) < 4.78 is 0. The fourth-order valence-electron chi connectivity index (χ4n) is 4.40. The normalized spacial score (nSPS) is 19.4. The van der Waals surface area contributed by atoms with Gasteiger partial charge in [-0.15, -0.1) is 0 Å². The molecule has 15 heteroatoms. The van der Waals surface area contributed by atoms with Crippen LogP contribution in [0, 0.1) is 0 Å². The molecule has 5 atom stereocenters. The minimum absolute atomic E-state index is 0. The number of benzene rings is 2. The summed E-state index contributed by atoms with van der Waals surface area (Å²) in [5.74, 6) is -3.88. The topological polar surface area (TPSA) is 252 Å². The van der Waals surface area contributed by atoms with E-state index in [0.717, 1.165) is 0 Å². The van der Waals surface area contributed by atoms with Crippen LogP contribution in [0.2, 0.25) is 5.02 Å². The van der Waals surface area contributed by atoms with E-state index >= 15 is 0 Å². The van der Waals surface area contributed by atoms with Gasteiger partial charge in [-0.25, -0.2) is 0 Å². The first-order valence-corrected chi connectivity index (χ1v) is 13.9. The lowest BCUT2D eigenvalue weighted by Gasteiger charge is -2.25. The summed E-state index contributed by atoms with van der Waals surface area (Å²) in [4.78, 5) is 63.3. The van der Waals surface area contributed by atoms with Gasteiger partial charge in [-0.05, 0) is 53.4 Å². The van der Waals surface area contributed by atoms with Crippen molar-refractivity contribution in [2.75, 3.05) is 13.1 Å². The number of phenols is 1. The highest BCUT2D eigenvalue weighted by atomic mass is 35.5. The molecule has 0 aromatic heterocycles. The largest absolute Gasteiger partial charge is 0.508 e. The van der Waals surface area contributed by atoms with E-state index in [2.05, 4.69) is 21.3 Å². The molecule has 3 rings (SSSR count). The number of hydrogen-bond acceptors (Lipinski definition) is 9. The van der Waals surface area contributed by atoms with Crippen molar-refractivity contribution in [2.24, 2.45) is 17.2 Å². The van der Waals surface area contributed by atoms with Gasteiger partial charge < -0.3 is 48.7 Å². The minimum Gasteiger partial charge on any atom is -0.508 e. The Morgan fingerprint density at radius 1 is 1.02 bits per heavy atom. The third-order valence-corrected chi connectivity index (χ3v) is 7.30. The number of rotatable bonds is 8. The lowest BCUT2D eigenvalue weighted by atomic mass is 9.96. The van der Waals surface area contributed by atoms with E-state index in [0.29, 0.717) is 22.3 Å². The van der Waals surface area contributed by atoms with Crippen LogP contribution in [0.4, 0.5) is 0 Å². The Hall–Kier alpha value is -4.24. The fraction of sp³-hybridized carbons (Fsp3) is 0.433. The second-order valence-corrected chi connectivity index (χ2v) is 10.7. The molecule has 0 radical (unpaired) electrons. The van der Waals surface area contributed by atoms with E-state index in [1.54, 1.807) is 30.3 Å². The van der Waals surface area contributed by atoms with Gasteiger partial charge in [-0.2, -0.15) is 0 Å². The Morgan fingerprint density at radius 3 is 2.27 bits per heavy atom. The molecular weight excluding hydrogens is 606 g/mol. The van der Waals surface area contributed by atoms with E-state index in [4.69, 9.17) is 28.8 Å². The Morgan fingerprint density at radius 2 is 1.64 bits per heavy atom. The molecule has 0 aliphatic carbocycles. The van der Waals surface area contributed by atoms with Crippen molar-refractivity contribution < 1.29 is 34.2 Å². The number of aliphatic hydroxyl groups excluding tert-OH is 1. The maximum atomic E-state index is 13.4. The van der Waals surface area contributed by atoms with Crippen LogP contribution >= 0.6 is 11.6 Å². The van der Waals surface area contributed by atoms with Crippen molar-refractivity contribution in [3.63, 3.8) is 0 Å². The molecule has 0 saturated heterocycles. The van der Waals surface area contributed by atoms with Crippen LogP contribution in [-0.2, 0) is 36.8 Å². The highest BCUT2D eigenvalue weighted by Crippen LogP contribution is 2.30. The SMILES string of the molecule is C.C.C[C@H](NC(=O)CNC(=O)[C@@H]1Cc2cc(ccc2Cl)-c2ccc(O)c(c2)C[C@H](N)C(=O)N[C@@H](C[C@@H](O)CN)C(=O)N1)C(N)=O. The molecule has 4 bridgehead atoms. The van der Waals surface area contributed by atoms with Gasteiger partial charge in [-0.1, -0.05) is 38.6 Å². The van der Waals surface area contributed by atoms with Crippen molar-refractivity contribution >= 4 is 41.1 Å². The predicted octanol–water partition coefficient (Wildman–Crippen LogP) is -0.804. The zero-order valence-corrected chi connectivity index (χ0v) is 24.2. The van der Waals surface area contributed by atoms with E-state index < -0.39 is 66.4 Å². The second kappa shape index (κ2) is 17.3. The molecule has 248 valence electrons. The van der Waals surface area contributed by atoms with Crippen molar-refractivity contribution in [3.05, 3.63) is 52.5 Å². The van der Waals surface area contributed by atoms with Gasteiger partial charge in [0.05, 0.1) is 18.7 Å². The molecule has 14 nitrogen and oxygen atoms in total. The summed E-state index contributed by atoms with van der Waals surface area (Å²) in [5, 5.41) is 30.7. The molecule has 5 amide bonds. The molecule has 2 aromatic carbocycles. The molecule has 12 N–H and O–H groups in total. The molecule has 1 aliphatic rings.